The Hall–Kier alpha value is -3.79. The van der Waals surface area contributed by atoms with E-state index in [1.54, 1.807) is 18.2 Å². The Morgan fingerprint density at radius 3 is 2.18 bits per heavy atom. The molecule has 0 bridgehead atoms. The van der Waals surface area contributed by atoms with Crippen molar-refractivity contribution in [3.63, 3.8) is 0 Å². The number of rotatable bonds is 5. The van der Waals surface area contributed by atoms with Crippen molar-refractivity contribution in [3.8, 4) is 0 Å². The Kier molecular flexibility index (Phi) is 6.66. The van der Waals surface area contributed by atoms with Crippen molar-refractivity contribution in [1.29, 1.82) is 0 Å². The van der Waals surface area contributed by atoms with Gasteiger partial charge in [0.25, 0.3) is 11.8 Å². The third-order valence-corrected chi connectivity index (χ3v) is 11.0. The number of fused-ring (bicyclic) bond motifs is 4. The van der Waals surface area contributed by atoms with Gasteiger partial charge in [-0.15, -0.1) is 23.2 Å². The van der Waals surface area contributed by atoms with Gasteiger partial charge in [0.05, 0.1) is 29.1 Å². The lowest BCUT2D eigenvalue weighted by atomic mass is 9.57. The van der Waals surface area contributed by atoms with Gasteiger partial charge < -0.3 is 9.52 Å². The highest BCUT2D eigenvalue weighted by Gasteiger charge is 2.77. The monoisotopic (exact) mass is 636 g/mol. The van der Waals surface area contributed by atoms with Gasteiger partial charge in [0.1, 0.15) is 23.9 Å². The van der Waals surface area contributed by atoms with E-state index in [9.17, 15) is 28.7 Å². The number of allylic oxidation sites excluding steroid dienone is 2. The second kappa shape index (κ2) is 10.1. The lowest BCUT2D eigenvalue weighted by Crippen LogP contribution is -2.60. The van der Waals surface area contributed by atoms with Crippen LogP contribution >= 0.6 is 23.2 Å². The number of hydrogen-bond donors (Lipinski definition) is 1. The van der Waals surface area contributed by atoms with Crippen LogP contribution in [0.25, 0.3) is 0 Å². The SMILES string of the molecule is CCc1ccc(N2C(=O)C3CC=C4C(CC5(Cl)C(=O)N(c6ccc(F)cc6)C(=O)C5(Cl)C4c4ccc(CO)o4)C3C2=O)cc1. The standard InChI is InChI=1S/C33H27Cl2FN2O6/c1-2-17-3-7-19(8-4-17)37-28(40)23-13-12-22-24(26(23)29(37)41)15-32(34)30(42)38(20-9-5-18(36)6-10-20)31(43)33(32,35)27(22)25-14-11-21(16-39)44-25/h3-12,14,23-24,26-27,39H,2,13,15-16H2,1H3. The Labute approximate surface area is 262 Å². The lowest BCUT2D eigenvalue weighted by Gasteiger charge is -2.49. The summed E-state index contributed by atoms with van der Waals surface area (Å²) in [5, 5.41) is 9.73. The van der Waals surface area contributed by atoms with Crippen molar-refractivity contribution in [2.75, 3.05) is 9.80 Å². The zero-order valence-corrected chi connectivity index (χ0v) is 25.0. The van der Waals surface area contributed by atoms with Crippen molar-refractivity contribution in [3.05, 3.63) is 95.2 Å². The first kappa shape index (κ1) is 29.0. The second-order valence-corrected chi connectivity index (χ2v) is 13.0. The van der Waals surface area contributed by atoms with Gasteiger partial charge in [0.2, 0.25) is 11.8 Å². The molecule has 3 heterocycles. The molecule has 8 nitrogen and oxygen atoms in total. The van der Waals surface area contributed by atoms with Crippen LogP contribution in [0.15, 0.2) is 76.7 Å². The Balaban J connectivity index is 1.36. The average Bonchev–Trinajstić information content (AvgIpc) is 3.64. The summed E-state index contributed by atoms with van der Waals surface area (Å²) in [7, 11) is 0. The quantitative estimate of drug-likeness (QED) is 0.233. The molecule has 6 atom stereocenters. The number of carbonyl (C=O) groups excluding carboxylic acids is 4. The maximum Gasteiger partial charge on any atom is 0.258 e. The molecule has 44 heavy (non-hydrogen) atoms. The van der Waals surface area contributed by atoms with E-state index in [0.29, 0.717) is 11.3 Å². The van der Waals surface area contributed by atoms with Crippen LogP contribution in [0.3, 0.4) is 0 Å². The third-order valence-electron chi connectivity index (χ3n) is 9.62. The summed E-state index contributed by atoms with van der Waals surface area (Å²) in [4.78, 5) is 54.3. The molecule has 3 aromatic rings. The second-order valence-electron chi connectivity index (χ2n) is 11.7. The molecule has 1 N–H and O–H groups in total. The molecule has 3 fully saturated rings. The van der Waals surface area contributed by atoms with Crippen LogP contribution in [0.4, 0.5) is 15.8 Å². The Bertz CT molecular complexity index is 1750. The fourth-order valence-electron chi connectivity index (χ4n) is 7.48. The van der Waals surface area contributed by atoms with E-state index < -0.39 is 63.6 Å². The fourth-order valence-corrected chi connectivity index (χ4v) is 8.40. The van der Waals surface area contributed by atoms with Crippen LogP contribution in [0.1, 0.15) is 42.8 Å². The van der Waals surface area contributed by atoms with Gasteiger partial charge in [-0.1, -0.05) is 30.7 Å². The summed E-state index contributed by atoms with van der Waals surface area (Å²) in [6.07, 6.45) is 2.62. The summed E-state index contributed by atoms with van der Waals surface area (Å²) in [5.74, 6) is -5.94. The van der Waals surface area contributed by atoms with E-state index in [0.717, 1.165) is 29.0 Å². The van der Waals surface area contributed by atoms with Gasteiger partial charge in [-0.3, -0.25) is 24.1 Å². The molecule has 2 aromatic carbocycles. The van der Waals surface area contributed by atoms with E-state index in [2.05, 4.69) is 0 Å². The number of anilines is 2. The molecule has 6 unspecified atom stereocenters. The normalized spacial score (nSPS) is 31.2. The molecule has 4 amide bonds. The number of hydrogen-bond acceptors (Lipinski definition) is 6. The zero-order chi connectivity index (χ0) is 31.1. The number of alkyl halides is 2. The molecule has 0 radical (unpaired) electrons. The smallest absolute Gasteiger partial charge is 0.258 e. The largest absolute Gasteiger partial charge is 0.463 e. The predicted octanol–water partition coefficient (Wildman–Crippen LogP) is 5.24. The van der Waals surface area contributed by atoms with E-state index in [4.69, 9.17) is 27.6 Å². The minimum atomic E-state index is -2.10. The van der Waals surface area contributed by atoms with Gasteiger partial charge >= 0.3 is 0 Å². The first-order valence-electron chi connectivity index (χ1n) is 14.4. The van der Waals surface area contributed by atoms with Crippen molar-refractivity contribution in [2.45, 2.75) is 48.5 Å². The minimum Gasteiger partial charge on any atom is -0.463 e. The number of amides is 4. The van der Waals surface area contributed by atoms with Gasteiger partial charge in [0, 0.05) is 0 Å². The van der Waals surface area contributed by atoms with Crippen molar-refractivity contribution in [2.24, 2.45) is 17.8 Å². The number of aliphatic hydroxyl groups is 1. The van der Waals surface area contributed by atoms with E-state index in [1.807, 2.05) is 25.1 Å². The number of nitrogens with zero attached hydrogens (tertiary/aromatic N) is 2. The maximum atomic E-state index is 14.3. The van der Waals surface area contributed by atoms with E-state index in [1.165, 1.54) is 23.1 Å². The number of halogens is 3. The van der Waals surface area contributed by atoms with Crippen molar-refractivity contribution < 1.29 is 33.1 Å². The highest BCUT2D eigenvalue weighted by Crippen LogP contribution is 2.66. The summed E-state index contributed by atoms with van der Waals surface area (Å²) >= 11 is 14.6. The van der Waals surface area contributed by atoms with Gasteiger partial charge in [-0.2, -0.15) is 0 Å². The highest BCUT2D eigenvalue weighted by molar-refractivity contribution is 6.58. The molecule has 2 saturated heterocycles. The van der Waals surface area contributed by atoms with Crippen LogP contribution in [0.2, 0.25) is 0 Å². The Morgan fingerprint density at radius 2 is 1.55 bits per heavy atom. The van der Waals surface area contributed by atoms with Crippen LogP contribution in [-0.4, -0.2) is 38.5 Å². The molecule has 2 aliphatic heterocycles. The third kappa shape index (κ3) is 3.79. The summed E-state index contributed by atoms with van der Waals surface area (Å²) < 4.78 is 19.7. The maximum absolute atomic E-state index is 14.3. The van der Waals surface area contributed by atoms with Crippen LogP contribution in [0.5, 0.6) is 0 Å². The van der Waals surface area contributed by atoms with Crippen LogP contribution < -0.4 is 9.80 Å². The lowest BCUT2D eigenvalue weighted by molar-refractivity contribution is -0.125. The number of aliphatic hydroxyl groups excluding tert-OH is 1. The molecule has 226 valence electrons. The predicted molar refractivity (Wildman–Crippen MR) is 160 cm³/mol. The molecular weight excluding hydrogens is 610 g/mol. The zero-order valence-electron chi connectivity index (χ0n) is 23.5. The number of carbonyl (C=O) groups is 4. The van der Waals surface area contributed by atoms with E-state index >= 15 is 0 Å². The average molecular weight is 637 g/mol. The highest BCUT2D eigenvalue weighted by atomic mass is 35.5. The first-order valence-corrected chi connectivity index (χ1v) is 15.2. The van der Waals surface area contributed by atoms with E-state index in [-0.39, 0.29) is 36.0 Å². The molecule has 7 rings (SSSR count). The number of benzene rings is 2. The molecule has 11 heteroatoms. The molecular formula is C33H27Cl2FN2O6. The van der Waals surface area contributed by atoms with Crippen LogP contribution in [-0.2, 0) is 32.2 Å². The molecule has 0 spiro atoms. The summed E-state index contributed by atoms with van der Waals surface area (Å²) in [5.41, 5.74) is 2.18. The summed E-state index contributed by atoms with van der Waals surface area (Å²) in [6, 6.07) is 15.2. The molecule has 2 aliphatic carbocycles. The molecule has 1 aromatic heterocycles. The molecule has 1 saturated carbocycles. The van der Waals surface area contributed by atoms with Gasteiger partial charge in [-0.05, 0) is 79.3 Å². The number of imide groups is 2. The molecule has 4 aliphatic rings. The topological polar surface area (TPSA) is 108 Å². The Morgan fingerprint density at radius 1 is 0.886 bits per heavy atom. The first-order chi connectivity index (χ1) is 21.0. The minimum absolute atomic E-state index is 0.0914. The van der Waals surface area contributed by atoms with Gasteiger partial charge in [-0.25, -0.2) is 9.29 Å². The van der Waals surface area contributed by atoms with Gasteiger partial charge in [0.15, 0.2) is 9.75 Å². The van der Waals surface area contributed by atoms with Crippen LogP contribution in [0, 0.1) is 23.6 Å². The number of aryl methyl sites for hydroxylation is 1. The number of furan rings is 1. The van der Waals surface area contributed by atoms with Crippen molar-refractivity contribution in [1.82, 2.24) is 0 Å². The summed E-state index contributed by atoms with van der Waals surface area (Å²) in [6.45, 7) is 1.59. The fraction of sp³-hybridized carbons (Fsp3) is 0.333. The van der Waals surface area contributed by atoms with Crippen molar-refractivity contribution >= 4 is 58.2 Å².